The molecule has 0 bridgehead atoms. The number of carboxylic acid groups (broad SMARTS) is 1. The van der Waals surface area contributed by atoms with E-state index in [1.807, 2.05) is 42.5 Å². The zero-order valence-corrected chi connectivity index (χ0v) is 20.2. The summed E-state index contributed by atoms with van der Waals surface area (Å²) >= 11 is 0. The molecular weight excluding hydrogens is 392 g/mol. The summed E-state index contributed by atoms with van der Waals surface area (Å²) < 4.78 is 12.1. The van der Waals surface area contributed by atoms with E-state index in [1.54, 1.807) is 6.08 Å². The van der Waals surface area contributed by atoms with Crippen LogP contribution in [0.1, 0.15) is 58.4 Å². The lowest BCUT2D eigenvalue weighted by Crippen LogP contribution is -2.41. The Morgan fingerprint density at radius 3 is 2.23 bits per heavy atom. The highest BCUT2D eigenvalue weighted by Crippen LogP contribution is 2.36. The molecule has 0 spiro atoms. The number of carboxylic acids is 1. The van der Waals surface area contributed by atoms with Crippen LogP contribution >= 0.6 is 0 Å². The first-order chi connectivity index (χ1) is 14.1. The zero-order valence-electron chi connectivity index (χ0n) is 19.2. The first kappa shape index (κ1) is 24.6. The Hall–Kier alpha value is -1.69. The average Bonchev–Trinajstić information content (AvgIpc) is 2.70. The van der Waals surface area contributed by atoms with Gasteiger partial charge in [-0.3, -0.25) is 0 Å². The molecule has 1 aliphatic rings. The van der Waals surface area contributed by atoms with Crippen LogP contribution in [-0.4, -0.2) is 38.2 Å². The van der Waals surface area contributed by atoms with E-state index >= 15 is 0 Å². The molecule has 0 amide bonds. The molecule has 1 aliphatic carbocycles. The Morgan fingerprint density at radius 1 is 1.07 bits per heavy atom. The number of aliphatic carboxylic acids is 1. The van der Waals surface area contributed by atoms with Crippen molar-refractivity contribution in [3.63, 3.8) is 0 Å². The quantitative estimate of drug-likeness (QED) is 0.324. The summed E-state index contributed by atoms with van der Waals surface area (Å²) in [5.41, 5.74) is 0.884. The predicted octanol–water partition coefficient (Wildman–Crippen LogP) is 6.45. The highest BCUT2D eigenvalue weighted by atomic mass is 28.4. The third-order valence-electron chi connectivity index (χ3n) is 6.29. The van der Waals surface area contributed by atoms with Crippen molar-refractivity contribution < 1.29 is 19.1 Å². The van der Waals surface area contributed by atoms with Crippen molar-refractivity contribution in [1.82, 2.24) is 0 Å². The Bertz CT molecular complexity index is 746. The van der Waals surface area contributed by atoms with Crippen molar-refractivity contribution in [1.29, 1.82) is 0 Å². The standard InChI is InChI=1S/C25H38O4Si/c1-24(2,3)30(4,5)29-20-12-7-6-11-19-28-25(23(26)27)17-15-22(16-18-25)21-13-9-8-10-14-21/h8-10,13-17H,6-7,11-12,18-20H2,1-5H3,(H,26,27). The largest absolute Gasteiger partial charge is 0.479 e. The molecule has 1 aromatic carbocycles. The van der Waals surface area contributed by atoms with Crippen LogP contribution < -0.4 is 0 Å². The van der Waals surface area contributed by atoms with Gasteiger partial charge in [-0.05, 0) is 48.2 Å². The number of hydrogen-bond acceptors (Lipinski definition) is 3. The minimum absolute atomic E-state index is 0.244. The first-order valence-corrected chi connectivity index (χ1v) is 13.9. The number of hydrogen-bond donors (Lipinski definition) is 1. The van der Waals surface area contributed by atoms with Crippen molar-refractivity contribution >= 4 is 19.9 Å². The zero-order chi connectivity index (χ0) is 22.3. The number of unbranched alkanes of at least 4 members (excludes halogenated alkanes) is 3. The van der Waals surface area contributed by atoms with Gasteiger partial charge in [0.1, 0.15) is 0 Å². The van der Waals surface area contributed by atoms with Crippen molar-refractivity contribution in [2.24, 2.45) is 0 Å². The van der Waals surface area contributed by atoms with E-state index in [1.165, 1.54) is 0 Å². The van der Waals surface area contributed by atoms with Crippen molar-refractivity contribution in [3.8, 4) is 0 Å². The van der Waals surface area contributed by atoms with Gasteiger partial charge in [-0.2, -0.15) is 0 Å². The van der Waals surface area contributed by atoms with Gasteiger partial charge in [0.25, 0.3) is 0 Å². The smallest absolute Gasteiger partial charge is 0.340 e. The van der Waals surface area contributed by atoms with Gasteiger partial charge in [0.15, 0.2) is 13.9 Å². The third-order valence-corrected chi connectivity index (χ3v) is 10.8. The van der Waals surface area contributed by atoms with E-state index in [-0.39, 0.29) is 5.04 Å². The molecule has 0 aromatic heterocycles. The predicted molar refractivity (Wildman–Crippen MR) is 126 cm³/mol. The molecule has 1 unspecified atom stereocenters. The van der Waals surface area contributed by atoms with Gasteiger partial charge in [-0.25, -0.2) is 4.79 Å². The number of ether oxygens (including phenoxy) is 1. The summed E-state index contributed by atoms with van der Waals surface area (Å²) in [6.45, 7) is 12.6. The molecule has 1 N–H and O–H groups in total. The molecule has 5 heteroatoms. The van der Waals surface area contributed by atoms with Crippen LogP contribution in [0.25, 0.3) is 5.57 Å². The lowest BCUT2D eigenvalue weighted by Gasteiger charge is -2.36. The Balaban J connectivity index is 1.71. The minimum Gasteiger partial charge on any atom is -0.479 e. The molecule has 0 heterocycles. The number of carbonyl (C=O) groups is 1. The summed E-state index contributed by atoms with van der Waals surface area (Å²) in [4.78, 5) is 11.9. The van der Waals surface area contributed by atoms with Gasteiger partial charge in [0.2, 0.25) is 0 Å². The van der Waals surface area contributed by atoms with Crippen LogP contribution in [0.15, 0.2) is 48.6 Å². The minimum atomic E-state index is -1.66. The fourth-order valence-corrected chi connectivity index (χ4v) is 4.24. The summed E-state index contributed by atoms with van der Waals surface area (Å²) in [7, 11) is -1.66. The van der Waals surface area contributed by atoms with Crippen LogP contribution in [-0.2, 0) is 14.0 Å². The van der Waals surface area contributed by atoms with Gasteiger partial charge in [-0.15, -0.1) is 0 Å². The maximum atomic E-state index is 11.9. The molecule has 1 aromatic rings. The Kier molecular flexibility index (Phi) is 8.65. The van der Waals surface area contributed by atoms with Gasteiger partial charge in [0.05, 0.1) is 0 Å². The van der Waals surface area contributed by atoms with E-state index in [2.05, 4.69) is 33.9 Å². The number of allylic oxidation sites excluding steroid dienone is 2. The average molecular weight is 431 g/mol. The van der Waals surface area contributed by atoms with E-state index in [4.69, 9.17) is 9.16 Å². The van der Waals surface area contributed by atoms with E-state index in [9.17, 15) is 9.90 Å². The van der Waals surface area contributed by atoms with Crippen molar-refractivity contribution in [2.75, 3.05) is 13.2 Å². The summed E-state index contributed by atoms with van der Waals surface area (Å²) in [5.74, 6) is -0.926. The van der Waals surface area contributed by atoms with Gasteiger partial charge < -0.3 is 14.3 Å². The fourth-order valence-electron chi connectivity index (χ4n) is 3.15. The molecule has 0 fully saturated rings. The molecule has 0 saturated carbocycles. The summed E-state index contributed by atoms with van der Waals surface area (Å²) in [5, 5.41) is 9.99. The second kappa shape index (κ2) is 10.6. The Labute approximate surface area is 183 Å². The molecule has 2 rings (SSSR count). The SMILES string of the molecule is CC(C)(C)[Si](C)(C)OCCCCCCOC1(C(=O)O)C=CC(c2ccccc2)=CC1. The van der Waals surface area contributed by atoms with Crippen molar-refractivity contribution in [3.05, 3.63) is 54.1 Å². The molecule has 4 nitrogen and oxygen atoms in total. The highest BCUT2D eigenvalue weighted by Gasteiger charge is 2.38. The molecule has 0 aliphatic heterocycles. The molecular formula is C25H38O4Si. The maximum absolute atomic E-state index is 11.9. The summed E-state index contributed by atoms with van der Waals surface area (Å²) in [6, 6.07) is 9.99. The van der Waals surface area contributed by atoms with Crippen LogP contribution in [0.3, 0.4) is 0 Å². The molecule has 0 saturated heterocycles. The Morgan fingerprint density at radius 2 is 1.70 bits per heavy atom. The maximum Gasteiger partial charge on any atom is 0.340 e. The number of rotatable bonds is 11. The third kappa shape index (κ3) is 6.66. The molecule has 1 atom stereocenters. The lowest BCUT2D eigenvalue weighted by molar-refractivity contribution is -0.159. The first-order valence-electron chi connectivity index (χ1n) is 11.0. The van der Waals surface area contributed by atoms with E-state index in [0.717, 1.165) is 43.4 Å². The van der Waals surface area contributed by atoms with Crippen LogP contribution in [0.4, 0.5) is 0 Å². The number of benzene rings is 1. The van der Waals surface area contributed by atoms with Crippen molar-refractivity contribution in [2.45, 2.75) is 76.6 Å². The van der Waals surface area contributed by atoms with Gasteiger partial charge in [0, 0.05) is 19.6 Å². The molecule has 30 heavy (non-hydrogen) atoms. The molecule has 166 valence electrons. The molecule has 0 radical (unpaired) electrons. The fraction of sp³-hybridized carbons (Fsp3) is 0.560. The van der Waals surface area contributed by atoms with E-state index in [0.29, 0.717) is 13.0 Å². The second-order valence-electron chi connectivity index (χ2n) is 9.63. The highest BCUT2D eigenvalue weighted by molar-refractivity contribution is 6.74. The van der Waals surface area contributed by atoms with Gasteiger partial charge in [-0.1, -0.05) is 76.1 Å². The van der Waals surface area contributed by atoms with Crippen LogP contribution in [0, 0.1) is 0 Å². The van der Waals surface area contributed by atoms with Crippen LogP contribution in [0.5, 0.6) is 0 Å². The van der Waals surface area contributed by atoms with E-state index < -0.39 is 19.9 Å². The van der Waals surface area contributed by atoms with Gasteiger partial charge >= 0.3 is 5.97 Å². The lowest BCUT2D eigenvalue weighted by atomic mass is 9.89. The van der Waals surface area contributed by atoms with Crippen LogP contribution in [0.2, 0.25) is 18.1 Å². The normalized spacial score (nSPS) is 19.6. The monoisotopic (exact) mass is 430 g/mol. The second-order valence-corrected chi connectivity index (χ2v) is 14.4. The summed E-state index contributed by atoms with van der Waals surface area (Å²) in [6.07, 6.45) is 9.87. The topological polar surface area (TPSA) is 55.8 Å².